The Morgan fingerprint density at radius 2 is 2.06 bits per heavy atom. The highest BCUT2D eigenvalue weighted by molar-refractivity contribution is 7.88. The Bertz CT molecular complexity index is 1200. The molecular formula is C18H19F3N6O3S. The van der Waals surface area contributed by atoms with Crippen molar-refractivity contribution < 1.29 is 26.3 Å². The van der Waals surface area contributed by atoms with Gasteiger partial charge in [0.25, 0.3) is 0 Å². The summed E-state index contributed by atoms with van der Waals surface area (Å²) in [7, 11) is -3.34. The lowest BCUT2D eigenvalue weighted by molar-refractivity contribution is -0.137. The molecule has 1 saturated heterocycles. The smallest absolute Gasteiger partial charge is 0.373 e. The molecule has 1 atom stereocenters. The lowest BCUT2D eigenvalue weighted by Crippen LogP contribution is -2.47. The zero-order valence-electron chi connectivity index (χ0n) is 16.4. The van der Waals surface area contributed by atoms with E-state index in [9.17, 15) is 21.6 Å². The molecule has 4 heterocycles. The summed E-state index contributed by atoms with van der Waals surface area (Å²) in [5, 5.41) is 0. The molecule has 31 heavy (non-hydrogen) atoms. The number of nitrogens with one attached hydrogen (secondary N) is 1. The molecule has 0 aromatic carbocycles. The van der Waals surface area contributed by atoms with Crippen molar-refractivity contribution in [2.75, 3.05) is 37.4 Å². The van der Waals surface area contributed by atoms with Crippen LogP contribution in [0.5, 0.6) is 0 Å². The zero-order chi connectivity index (χ0) is 22.2. The van der Waals surface area contributed by atoms with Gasteiger partial charge in [-0.2, -0.15) is 13.2 Å². The first kappa shape index (κ1) is 21.5. The van der Waals surface area contributed by atoms with Crippen LogP contribution < -0.4 is 9.62 Å². The molecule has 0 saturated carbocycles. The molecule has 0 aliphatic carbocycles. The van der Waals surface area contributed by atoms with Crippen molar-refractivity contribution in [2.24, 2.45) is 0 Å². The zero-order valence-corrected chi connectivity index (χ0v) is 17.2. The third kappa shape index (κ3) is 4.94. The number of halogens is 3. The topological polar surface area (TPSA) is 102 Å². The Hall–Kier alpha value is -2.77. The van der Waals surface area contributed by atoms with Gasteiger partial charge in [-0.3, -0.25) is 4.40 Å². The van der Waals surface area contributed by atoms with Gasteiger partial charge in [-0.1, -0.05) is 0 Å². The van der Waals surface area contributed by atoms with Crippen LogP contribution in [-0.4, -0.2) is 66.4 Å². The number of nitrogens with zero attached hydrogens (tertiary/aromatic N) is 5. The largest absolute Gasteiger partial charge is 0.417 e. The molecule has 0 unspecified atom stereocenters. The molecule has 0 amide bonds. The van der Waals surface area contributed by atoms with Crippen LogP contribution in [0.25, 0.3) is 17.2 Å². The molecule has 1 fully saturated rings. The number of hydrogen-bond acceptors (Lipinski definition) is 7. The fourth-order valence-electron chi connectivity index (χ4n) is 3.26. The van der Waals surface area contributed by atoms with Crippen LogP contribution in [0, 0.1) is 0 Å². The van der Waals surface area contributed by atoms with E-state index in [1.54, 1.807) is 6.07 Å². The molecule has 4 rings (SSSR count). The normalized spacial score (nSPS) is 17.9. The monoisotopic (exact) mass is 456 g/mol. The molecule has 0 spiro atoms. The Kier molecular flexibility index (Phi) is 5.58. The lowest BCUT2D eigenvalue weighted by Gasteiger charge is -2.33. The standard InChI is InChI=1S/C18H19F3N6O3S/c1-31(28,29)24-8-13-11-26(6-7-30-13)16-4-5-22-17(25-16)14-9-23-15-3-2-12(10-27(14)15)18(19,20)21/h2-5,9-10,13,24H,6-8,11H2,1H3/t13-/m1/s1. The number of aromatic nitrogens is 4. The molecule has 1 aliphatic rings. The van der Waals surface area contributed by atoms with Crippen LogP contribution in [0.1, 0.15) is 5.56 Å². The van der Waals surface area contributed by atoms with Crippen molar-refractivity contribution in [1.82, 2.24) is 24.1 Å². The second-order valence-corrected chi connectivity index (χ2v) is 8.92. The van der Waals surface area contributed by atoms with Gasteiger partial charge in [0.15, 0.2) is 5.82 Å². The minimum absolute atomic E-state index is 0.126. The molecule has 9 nitrogen and oxygen atoms in total. The highest BCUT2D eigenvalue weighted by Crippen LogP contribution is 2.30. The van der Waals surface area contributed by atoms with Crippen molar-refractivity contribution in [1.29, 1.82) is 0 Å². The summed E-state index contributed by atoms with van der Waals surface area (Å²) in [4.78, 5) is 14.8. The second-order valence-electron chi connectivity index (χ2n) is 7.09. The van der Waals surface area contributed by atoms with Gasteiger partial charge in [0.05, 0.1) is 30.7 Å². The molecule has 0 bridgehead atoms. The second kappa shape index (κ2) is 8.05. The van der Waals surface area contributed by atoms with Gasteiger partial charge in [-0.25, -0.2) is 28.1 Å². The third-order valence-corrected chi connectivity index (χ3v) is 5.43. The van der Waals surface area contributed by atoms with E-state index in [0.717, 1.165) is 18.5 Å². The number of ether oxygens (including phenoxy) is 1. The van der Waals surface area contributed by atoms with E-state index in [1.807, 2.05) is 4.90 Å². The highest BCUT2D eigenvalue weighted by Gasteiger charge is 2.31. The molecule has 3 aromatic heterocycles. The summed E-state index contributed by atoms with van der Waals surface area (Å²) in [6.07, 6.45) is 0.129. The van der Waals surface area contributed by atoms with Gasteiger partial charge >= 0.3 is 6.18 Å². The number of imidazole rings is 1. The number of anilines is 1. The van der Waals surface area contributed by atoms with Gasteiger partial charge in [0, 0.05) is 32.0 Å². The van der Waals surface area contributed by atoms with E-state index in [-0.39, 0.29) is 18.5 Å². The van der Waals surface area contributed by atoms with Crippen LogP contribution >= 0.6 is 0 Å². The van der Waals surface area contributed by atoms with Gasteiger partial charge in [-0.15, -0.1) is 0 Å². The average molecular weight is 456 g/mol. The van der Waals surface area contributed by atoms with Crippen molar-refractivity contribution in [3.8, 4) is 11.5 Å². The summed E-state index contributed by atoms with van der Waals surface area (Å²) in [5.74, 6) is 0.779. The van der Waals surface area contributed by atoms with Crippen molar-refractivity contribution in [2.45, 2.75) is 12.3 Å². The van der Waals surface area contributed by atoms with E-state index < -0.39 is 21.8 Å². The van der Waals surface area contributed by atoms with E-state index in [4.69, 9.17) is 4.74 Å². The van der Waals surface area contributed by atoms with Gasteiger partial charge in [0.1, 0.15) is 17.2 Å². The number of alkyl halides is 3. The van der Waals surface area contributed by atoms with Crippen molar-refractivity contribution >= 4 is 21.5 Å². The number of morpholine rings is 1. The highest BCUT2D eigenvalue weighted by atomic mass is 32.2. The third-order valence-electron chi connectivity index (χ3n) is 4.74. The summed E-state index contributed by atoms with van der Waals surface area (Å²) in [6, 6.07) is 3.94. The predicted molar refractivity (Wildman–Crippen MR) is 106 cm³/mol. The number of rotatable bonds is 5. The fraction of sp³-hybridized carbons (Fsp3) is 0.389. The van der Waals surface area contributed by atoms with Crippen LogP contribution in [0.3, 0.4) is 0 Å². The van der Waals surface area contributed by atoms with E-state index >= 15 is 0 Å². The molecular weight excluding hydrogens is 437 g/mol. The molecule has 166 valence electrons. The first-order chi connectivity index (χ1) is 14.6. The fourth-order valence-corrected chi connectivity index (χ4v) is 3.75. The number of sulfonamides is 1. The Morgan fingerprint density at radius 3 is 2.81 bits per heavy atom. The van der Waals surface area contributed by atoms with Crippen LogP contribution in [0.4, 0.5) is 19.0 Å². The van der Waals surface area contributed by atoms with E-state index in [2.05, 4.69) is 19.7 Å². The van der Waals surface area contributed by atoms with Crippen LogP contribution in [0.2, 0.25) is 0 Å². The van der Waals surface area contributed by atoms with E-state index in [0.29, 0.717) is 36.9 Å². The van der Waals surface area contributed by atoms with Crippen molar-refractivity contribution in [3.63, 3.8) is 0 Å². The molecule has 13 heteroatoms. The Morgan fingerprint density at radius 1 is 1.26 bits per heavy atom. The summed E-state index contributed by atoms with van der Waals surface area (Å²) < 4.78 is 71.3. The summed E-state index contributed by atoms with van der Waals surface area (Å²) in [6.45, 7) is 1.42. The maximum absolute atomic E-state index is 13.1. The van der Waals surface area contributed by atoms with Gasteiger partial charge in [-0.05, 0) is 18.2 Å². The quantitative estimate of drug-likeness (QED) is 0.622. The molecule has 1 N–H and O–H groups in total. The van der Waals surface area contributed by atoms with Gasteiger partial charge < -0.3 is 9.64 Å². The van der Waals surface area contributed by atoms with E-state index in [1.165, 1.54) is 22.9 Å². The SMILES string of the molecule is CS(=O)(=O)NC[C@@H]1CN(c2ccnc(-c3cnc4ccc(C(F)(F)F)cn34)n2)CCO1. The maximum atomic E-state index is 13.1. The van der Waals surface area contributed by atoms with Crippen LogP contribution in [-0.2, 0) is 20.9 Å². The molecule has 0 radical (unpaired) electrons. The first-order valence-electron chi connectivity index (χ1n) is 9.29. The van der Waals surface area contributed by atoms with Gasteiger partial charge in [0.2, 0.25) is 10.0 Å². The number of pyridine rings is 1. The summed E-state index contributed by atoms with van der Waals surface area (Å²) >= 11 is 0. The average Bonchev–Trinajstić information content (AvgIpc) is 3.15. The Labute approximate surface area is 175 Å². The lowest BCUT2D eigenvalue weighted by atomic mass is 10.2. The first-order valence-corrected chi connectivity index (χ1v) is 11.2. The minimum Gasteiger partial charge on any atom is -0.373 e. The molecule has 1 aliphatic heterocycles. The maximum Gasteiger partial charge on any atom is 0.417 e. The van der Waals surface area contributed by atoms with Crippen molar-refractivity contribution in [3.05, 3.63) is 42.4 Å². The van der Waals surface area contributed by atoms with Crippen LogP contribution in [0.15, 0.2) is 36.8 Å². The Balaban J connectivity index is 1.60. The number of fused-ring (bicyclic) bond motifs is 1. The predicted octanol–water partition coefficient (Wildman–Crippen LogP) is 1.56. The summed E-state index contributed by atoms with van der Waals surface area (Å²) in [5.41, 5.74) is -0.133. The molecule has 3 aromatic rings. The number of hydrogen-bond donors (Lipinski definition) is 1. The minimum atomic E-state index is -4.48.